The fourth-order valence-electron chi connectivity index (χ4n) is 3.69. The first-order chi connectivity index (χ1) is 14.6. The molecule has 0 saturated heterocycles. The summed E-state index contributed by atoms with van der Waals surface area (Å²) >= 11 is 0. The molecule has 6 heteroatoms. The summed E-state index contributed by atoms with van der Waals surface area (Å²) in [5.41, 5.74) is 3.91. The van der Waals surface area contributed by atoms with Gasteiger partial charge in [0.05, 0.1) is 12.2 Å². The Kier molecular flexibility index (Phi) is 7.71. The van der Waals surface area contributed by atoms with Crippen molar-refractivity contribution in [2.24, 2.45) is 0 Å². The van der Waals surface area contributed by atoms with Gasteiger partial charge in [-0.05, 0) is 81.3 Å². The Hall–Kier alpha value is -3.02. The summed E-state index contributed by atoms with van der Waals surface area (Å²) in [6, 6.07) is 1.45. The number of aromatic hydroxyl groups is 2. The number of carbonyl (C=O) groups excluding carboxylic acids is 2. The number of hydrogen-bond donors (Lipinski definition) is 2. The summed E-state index contributed by atoms with van der Waals surface area (Å²) in [6.07, 6.45) is 2.09. The van der Waals surface area contributed by atoms with Crippen LogP contribution in [0.3, 0.4) is 0 Å². The molecule has 0 spiro atoms. The van der Waals surface area contributed by atoms with Gasteiger partial charge < -0.3 is 19.7 Å². The van der Waals surface area contributed by atoms with Gasteiger partial charge in [0.2, 0.25) is 0 Å². The van der Waals surface area contributed by atoms with Crippen LogP contribution in [-0.2, 0) is 11.2 Å². The molecule has 0 unspecified atom stereocenters. The smallest absolute Gasteiger partial charge is 0.347 e. The van der Waals surface area contributed by atoms with Crippen molar-refractivity contribution < 1.29 is 29.3 Å². The number of rotatable bonds is 7. The van der Waals surface area contributed by atoms with E-state index < -0.39 is 5.97 Å². The van der Waals surface area contributed by atoms with E-state index in [1.807, 2.05) is 6.92 Å². The molecule has 0 heterocycles. The zero-order chi connectivity index (χ0) is 23.5. The Morgan fingerprint density at radius 2 is 1.45 bits per heavy atom. The second-order valence-electron chi connectivity index (χ2n) is 7.85. The Labute approximate surface area is 183 Å². The van der Waals surface area contributed by atoms with Crippen LogP contribution in [-0.4, -0.2) is 28.8 Å². The second-order valence-corrected chi connectivity index (χ2v) is 7.85. The summed E-state index contributed by atoms with van der Waals surface area (Å²) in [5, 5.41) is 20.6. The third-order valence-corrected chi connectivity index (χ3v) is 5.82. The lowest BCUT2D eigenvalue weighted by atomic mass is 9.93. The summed E-state index contributed by atoms with van der Waals surface area (Å²) in [7, 11) is 0. The van der Waals surface area contributed by atoms with Crippen molar-refractivity contribution in [2.45, 2.75) is 67.7 Å². The van der Waals surface area contributed by atoms with Gasteiger partial charge in [-0.2, -0.15) is 0 Å². The molecule has 0 bridgehead atoms. The van der Waals surface area contributed by atoms with Crippen LogP contribution in [0.2, 0.25) is 0 Å². The third kappa shape index (κ3) is 4.68. The van der Waals surface area contributed by atoms with E-state index in [4.69, 9.17) is 9.47 Å². The fourth-order valence-corrected chi connectivity index (χ4v) is 3.69. The minimum atomic E-state index is -0.715. The van der Waals surface area contributed by atoms with E-state index in [0.29, 0.717) is 57.7 Å². The highest BCUT2D eigenvalue weighted by Gasteiger charge is 2.26. The molecule has 2 rings (SSSR count). The zero-order valence-corrected chi connectivity index (χ0v) is 19.4. The predicted molar refractivity (Wildman–Crippen MR) is 119 cm³/mol. The lowest BCUT2D eigenvalue weighted by Gasteiger charge is -2.20. The summed E-state index contributed by atoms with van der Waals surface area (Å²) in [4.78, 5) is 25.6. The van der Waals surface area contributed by atoms with E-state index in [2.05, 4.69) is 0 Å². The molecule has 2 aromatic carbocycles. The van der Waals surface area contributed by atoms with Crippen LogP contribution >= 0.6 is 0 Å². The third-order valence-electron chi connectivity index (χ3n) is 5.82. The van der Waals surface area contributed by atoms with E-state index in [0.717, 1.165) is 12.8 Å². The lowest BCUT2D eigenvalue weighted by molar-refractivity contribution is 0.0497. The molecule has 2 aromatic rings. The maximum absolute atomic E-state index is 13.0. The van der Waals surface area contributed by atoms with Gasteiger partial charge in [-0.25, -0.2) is 9.59 Å². The minimum Gasteiger partial charge on any atom is -0.508 e. The Morgan fingerprint density at radius 1 is 0.871 bits per heavy atom. The number of ether oxygens (including phenoxy) is 2. The molecule has 6 nitrogen and oxygen atoms in total. The van der Waals surface area contributed by atoms with Crippen molar-refractivity contribution >= 4 is 11.9 Å². The molecule has 2 N–H and O–H groups in total. The average molecular weight is 429 g/mol. The Bertz CT molecular complexity index is 991. The van der Waals surface area contributed by atoms with Gasteiger partial charge in [0.1, 0.15) is 22.8 Å². The lowest BCUT2D eigenvalue weighted by Crippen LogP contribution is -2.17. The molecule has 0 aromatic heterocycles. The number of hydrogen-bond acceptors (Lipinski definition) is 6. The van der Waals surface area contributed by atoms with Crippen LogP contribution in [0.4, 0.5) is 0 Å². The highest BCUT2D eigenvalue weighted by Crippen LogP contribution is 2.37. The molecular weight excluding hydrogens is 396 g/mol. The molecule has 0 amide bonds. The molecule has 0 atom stereocenters. The SMILES string of the molecule is CCCCOC(=O)c1c(C)c(C)c(OC(=O)c2c(C)cc(O)c(CC)c2O)c(C)c1C. The Balaban J connectivity index is 2.48. The first kappa shape index (κ1) is 24.3. The number of aryl methyl sites for hydroxylation is 1. The van der Waals surface area contributed by atoms with Crippen molar-refractivity contribution in [1.29, 1.82) is 0 Å². The molecule has 31 heavy (non-hydrogen) atoms. The van der Waals surface area contributed by atoms with Crippen LogP contribution in [0, 0.1) is 34.6 Å². The Morgan fingerprint density at radius 3 is 1.97 bits per heavy atom. The summed E-state index contributed by atoms with van der Waals surface area (Å²) in [5.74, 6) is -1.07. The monoisotopic (exact) mass is 428 g/mol. The first-order valence-corrected chi connectivity index (χ1v) is 10.6. The van der Waals surface area contributed by atoms with Gasteiger partial charge in [0.15, 0.2) is 0 Å². The number of unbranched alkanes of at least 4 members (excludes halogenated alkanes) is 1. The maximum atomic E-state index is 13.0. The van der Waals surface area contributed by atoms with Crippen molar-refractivity contribution in [3.63, 3.8) is 0 Å². The van der Waals surface area contributed by atoms with Gasteiger partial charge in [-0.3, -0.25) is 0 Å². The fraction of sp³-hybridized carbons (Fsp3) is 0.440. The van der Waals surface area contributed by atoms with Crippen molar-refractivity contribution in [3.05, 3.63) is 50.6 Å². The molecule has 0 aliphatic heterocycles. The first-order valence-electron chi connectivity index (χ1n) is 10.6. The van der Waals surface area contributed by atoms with Gasteiger partial charge in [-0.1, -0.05) is 20.3 Å². The van der Waals surface area contributed by atoms with Crippen molar-refractivity contribution in [3.8, 4) is 17.2 Å². The number of esters is 2. The number of phenols is 2. The highest BCUT2D eigenvalue weighted by atomic mass is 16.5. The molecule has 0 aliphatic rings. The zero-order valence-electron chi connectivity index (χ0n) is 19.4. The largest absolute Gasteiger partial charge is 0.508 e. The number of carbonyl (C=O) groups is 2. The average Bonchev–Trinajstić information content (AvgIpc) is 2.70. The molecule has 168 valence electrons. The molecule has 0 fully saturated rings. The van der Waals surface area contributed by atoms with Crippen LogP contribution in [0.5, 0.6) is 17.2 Å². The van der Waals surface area contributed by atoms with Gasteiger partial charge >= 0.3 is 11.9 Å². The van der Waals surface area contributed by atoms with Crippen LogP contribution in [0.15, 0.2) is 6.07 Å². The topological polar surface area (TPSA) is 93.1 Å². The molecular formula is C25H32O6. The van der Waals surface area contributed by atoms with E-state index in [9.17, 15) is 19.8 Å². The number of phenolic OH excluding ortho intramolecular Hbond substituents is 2. The molecule has 0 radical (unpaired) electrons. The predicted octanol–water partition coefficient (Wildman–Crippen LogP) is 5.38. The van der Waals surface area contributed by atoms with Crippen molar-refractivity contribution in [2.75, 3.05) is 6.61 Å². The van der Waals surface area contributed by atoms with Gasteiger partial charge in [0.25, 0.3) is 0 Å². The van der Waals surface area contributed by atoms with E-state index in [-0.39, 0.29) is 23.0 Å². The summed E-state index contributed by atoms with van der Waals surface area (Å²) in [6.45, 7) is 13.0. The van der Waals surface area contributed by atoms with E-state index in [1.54, 1.807) is 41.5 Å². The van der Waals surface area contributed by atoms with E-state index in [1.165, 1.54) is 6.07 Å². The van der Waals surface area contributed by atoms with Gasteiger partial charge in [-0.15, -0.1) is 0 Å². The summed E-state index contributed by atoms with van der Waals surface area (Å²) < 4.78 is 11.1. The minimum absolute atomic E-state index is 0.0202. The number of benzene rings is 2. The molecule has 0 saturated carbocycles. The second kappa shape index (κ2) is 9.86. The van der Waals surface area contributed by atoms with E-state index >= 15 is 0 Å². The molecule has 0 aliphatic carbocycles. The van der Waals surface area contributed by atoms with Crippen LogP contribution in [0.25, 0.3) is 0 Å². The van der Waals surface area contributed by atoms with Crippen LogP contribution in [0.1, 0.15) is 80.8 Å². The van der Waals surface area contributed by atoms with Crippen LogP contribution < -0.4 is 4.74 Å². The highest BCUT2D eigenvalue weighted by molar-refractivity contribution is 5.98. The van der Waals surface area contributed by atoms with Gasteiger partial charge in [0, 0.05) is 5.56 Å². The normalized spacial score (nSPS) is 10.8. The standard InChI is InChI=1S/C25H32O6/c1-8-10-11-30-24(28)21-14(4)16(6)23(17(7)15(21)5)31-25(29)20-13(3)12-19(26)18(9-2)22(20)27/h12,26-27H,8-11H2,1-7H3. The maximum Gasteiger partial charge on any atom is 0.347 e. The van der Waals surface area contributed by atoms with Crippen molar-refractivity contribution in [1.82, 2.24) is 0 Å². The quantitative estimate of drug-likeness (QED) is 0.349.